The summed E-state index contributed by atoms with van der Waals surface area (Å²) < 4.78 is 0. The van der Waals surface area contributed by atoms with Gasteiger partial charge in [0.15, 0.2) is 0 Å². The number of carbonyl (C=O) groups excluding carboxylic acids is 1. The van der Waals surface area contributed by atoms with E-state index in [0.717, 1.165) is 42.8 Å². The van der Waals surface area contributed by atoms with E-state index < -0.39 is 5.60 Å². The third-order valence-electron chi connectivity index (χ3n) is 4.06. The van der Waals surface area contributed by atoms with Crippen LogP contribution in [-0.4, -0.2) is 34.8 Å². The van der Waals surface area contributed by atoms with Crippen LogP contribution in [0.1, 0.15) is 57.2 Å². The van der Waals surface area contributed by atoms with Crippen molar-refractivity contribution < 1.29 is 9.90 Å². The van der Waals surface area contributed by atoms with Gasteiger partial charge >= 0.3 is 6.03 Å². The molecule has 3 N–H and O–H groups in total. The highest BCUT2D eigenvalue weighted by Gasteiger charge is 2.31. The van der Waals surface area contributed by atoms with Gasteiger partial charge < -0.3 is 15.7 Å². The molecule has 2 amide bonds. The van der Waals surface area contributed by atoms with Crippen LogP contribution in [0.25, 0.3) is 0 Å². The lowest BCUT2D eigenvalue weighted by molar-refractivity contribution is 0.0501. The lowest BCUT2D eigenvalue weighted by Gasteiger charge is -2.22. The van der Waals surface area contributed by atoms with Crippen molar-refractivity contribution in [1.82, 2.24) is 15.6 Å². The summed E-state index contributed by atoms with van der Waals surface area (Å²) in [6.45, 7) is 7.33. The fraction of sp³-hybridized carbons (Fsp3) is 0.750. The standard InChI is InChI=1S/C16H27N3O2S/c1-15(2,3)12-10-22-13(19-12)6-9-17-14(20)18-11-16(21)7-4-5-8-16/h10,21H,4-9,11H2,1-3H3,(H2,17,18,20). The molecule has 0 aromatic carbocycles. The van der Waals surface area contributed by atoms with Crippen LogP contribution in [0, 0.1) is 0 Å². The van der Waals surface area contributed by atoms with Gasteiger partial charge in [0.1, 0.15) is 0 Å². The van der Waals surface area contributed by atoms with Crippen molar-refractivity contribution in [2.75, 3.05) is 13.1 Å². The van der Waals surface area contributed by atoms with Crippen LogP contribution in [0.15, 0.2) is 5.38 Å². The van der Waals surface area contributed by atoms with Gasteiger partial charge in [0.25, 0.3) is 0 Å². The second-order valence-corrected chi connectivity index (χ2v) is 8.11. The van der Waals surface area contributed by atoms with Crippen LogP contribution in [0.5, 0.6) is 0 Å². The summed E-state index contributed by atoms with van der Waals surface area (Å²) in [4.78, 5) is 16.4. The fourth-order valence-corrected chi connectivity index (χ4v) is 3.60. The number of rotatable bonds is 5. The number of amides is 2. The zero-order valence-corrected chi connectivity index (χ0v) is 14.6. The minimum absolute atomic E-state index is 0.0658. The predicted octanol–water partition coefficient (Wildman–Crippen LogP) is 2.59. The highest BCUT2D eigenvalue weighted by Crippen LogP contribution is 2.28. The molecule has 124 valence electrons. The van der Waals surface area contributed by atoms with Crippen LogP contribution in [0.4, 0.5) is 4.79 Å². The Morgan fingerprint density at radius 1 is 1.36 bits per heavy atom. The van der Waals surface area contributed by atoms with Crippen molar-refractivity contribution in [3.63, 3.8) is 0 Å². The van der Waals surface area contributed by atoms with Gasteiger partial charge in [0.2, 0.25) is 0 Å². The Morgan fingerprint density at radius 3 is 2.64 bits per heavy atom. The van der Waals surface area contributed by atoms with Crippen molar-refractivity contribution in [3.05, 3.63) is 16.1 Å². The number of nitrogens with one attached hydrogen (secondary N) is 2. The first-order valence-corrected chi connectivity index (χ1v) is 8.85. The molecule has 5 nitrogen and oxygen atoms in total. The maximum Gasteiger partial charge on any atom is 0.314 e. The number of thiazole rings is 1. The van der Waals surface area contributed by atoms with E-state index in [4.69, 9.17) is 0 Å². The second-order valence-electron chi connectivity index (χ2n) is 7.17. The first-order chi connectivity index (χ1) is 10.3. The van der Waals surface area contributed by atoms with Crippen LogP contribution in [0.2, 0.25) is 0 Å². The Balaban J connectivity index is 1.67. The molecular formula is C16H27N3O2S. The Bertz CT molecular complexity index is 502. The maximum absolute atomic E-state index is 11.7. The Kier molecular flexibility index (Phi) is 5.45. The summed E-state index contributed by atoms with van der Waals surface area (Å²) >= 11 is 1.64. The van der Waals surface area contributed by atoms with Gasteiger partial charge in [-0.15, -0.1) is 11.3 Å². The van der Waals surface area contributed by atoms with E-state index in [1.807, 2.05) is 0 Å². The first-order valence-electron chi connectivity index (χ1n) is 7.97. The third-order valence-corrected chi connectivity index (χ3v) is 4.97. The molecule has 1 fully saturated rings. The van der Waals surface area contributed by atoms with E-state index in [1.165, 1.54) is 0 Å². The molecule has 22 heavy (non-hydrogen) atoms. The molecule has 0 saturated heterocycles. The van der Waals surface area contributed by atoms with Gasteiger partial charge in [0.05, 0.1) is 16.3 Å². The average Bonchev–Trinajstić information content (AvgIpc) is 3.06. The smallest absolute Gasteiger partial charge is 0.314 e. The Labute approximate surface area is 136 Å². The molecule has 1 aromatic rings. The molecule has 1 aliphatic carbocycles. The van der Waals surface area contributed by atoms with Crippen LogP contribution >= 0.6 is 11.3 Å². The van der Waals surface area contributed by atoms with E-state index in [0.29, 0.717) is 13.1 Å². The largest absolute Gasteiger partial charge is 0.388 e. The molecule has 0 atom stereocenters. The van der Waals surface area contributed by atoms with E-state index in [2.05, 4.69) is 41.8 Å². The Morgan fingerprint density at radius 2 is 2.05 bits per heavy atom. The highest BCUT2D eigenvalue weighted by molar-refractivity contribution is 7.09. The molecule has 0 aliphatic heterocycles. The number of hydrogen-bond donors (Lipinski definition) is 3. The van der Waals surface area contributed by atoms with Crippen LogP contribution in [-0.2, 0) is 11.8 Å². The summed E-state index contributed by atoms with van der Waals surface area (Å²) in [5, 5.41) is 18.9. The summed E-state index contributed by atoms with van der Waals surface area (Å²) in [5.74, 6) is 0. The van der Waals surface area contributed by atoms with Gasteiger partial charge in [-0.2, -0.15) is 0 Å². The number of carbonyl (C=O) groups is 1. The number of nitrogens with zero attached hydrogens (tertiary/aromatic N) is 1. The summed E-state index contributed by atoms with van der Waals surface area (Å²) in [6.07, 6.45) is 4.38. The quantitative estimate of drug-likeness (QED) is 0.779. The van der Waals surface area contributed by atoms with Gasteiger partial charge in [-0.05, 0) is 12.8 Å². The molecule has 0 unspecified atom stereocenters. The van der Waals surface area contributed by atoms with Crippen molar-refractivity contribution in [2.24, 2.45) is 0 Å². The Hall–Kier alpha value is -1.14. The SMILES string of the molecule is CC(C)(C)c1csc(CCNC(=O)NCC2(O)CCCC2)n1. The van der Waals surface area contributed by atoms with Gasteiger partial charge in [-0.25, -0.2) is 9.78 Å². The molecule has 1 aromatic heterocycles. The fourth-order valence-electron chi connectivity index (χ4n) is 2.57. The zero-order valence-electron chi connectivity index (χ0n) is 13.7. The van der Waals surface area contributed by atoms with E-state index >= 15 is 0 Å². The molecule has 0 bridgehead atoms. The minimum Gasteiger partial charge on any atom is -0.388 e. The van der Waals surface area contributed by atoms with Crippen molar-refractivity contribution in [1.29, 1.82) is 0 Å². The van der Waals surface area contributed by atoms with Crippen molar-refractivity contribution in [3.8, 4) is 0 Å². The monoisotopic (exact) mass is 325 g/mol. The average molecular weight is 325 g/mol. The summed E-state index contributed by atoms with van der Waals surface area (Å²) in [5.41, 5.74) is 0.463. The van der Waals surface area contributed by atoms with Gasteiger partial charge in [-0.3, -0.25) is 0 Å². The normalized spacial score (nSPS) is 17.5. The van der Waals surface area contributed by atoms with Gasteiger partial charge in [0, 0.05) is 30.3 Å². The molecule has 1 saturated carbocycles. The number of aliphatic hydroxyl groups is 1. The number of urea groups is 1. The molecule has 1 aliphatic rings. The molecule has 0 radical (unpaired) electrons. The lowest BCUT2D eigenvalue weighted by Crippen LogP contribution is -2.45. The molecular weight excluding hydrogens is 298 g/mol. The molecule has 6 heteroatoms. The zero-order chi connectivity index (χ0) is 16.2. The summed E-state index contributed by atoms with van der Waals surface area (Å²) in [6, 6.07) is -0.215. The van der Waals surface area contributed by atoms with Crippen molar-refractivity contribution >= 4 is 17.4 Å². The molecule has 1 heterocycles. The topological polar surface area (TPSA) is 74.2 Å². The van der Waals surface area contributed by atoms with E-state index in [1.54, 1.807) is 11.3 Å². The van der Waals surface area contributed by atoms with E-state index in [9.17, 15) is 9.90 Å². The summed E-state index contributed by atoms with van der Waals surface area (Å²) in [7, 11) is 0. The lowest BCUT2D eigenvalue weighted by atomic mass is 9.93. The second kappa shape index (κ2) is 6.96. The highest BCUT2D eigenvalue weighted by atomic mass is 32.1. The predicted molar refractivity (Wildman–Crippen MR) is 89.3 cm³/mol. The van der Waals surface area contributed by atoms with E-state index in [-0.39, 0.29) is 11.4 Å². The molecule has 2 rings (SSSR count). The van der Waals surface area contributed by atoms with Crippen LogP contribution in [0.3, 0.4) is 0 Å². The van der Waals surface area contributed by atoms with Crippen molar-refractivity contribution in [2.45, 2.75) is 63.9 Å². The van der Waals surface area contributed by atoms with Gasteiger partial charge in [-0.1, -0.05) is 33.6 Å². The van der Waals surface area contributed by atoms with Crippen LogP contribution < -0.4 is 10.6 Å². The molecule has 0 spiro atoms. The minimum atomic E-state index is -0.700. The maximum atomic E-state index is 11.7. The number of hydrogen-bond acceptors (Lipinski definition) is 4. The number of aromatic nitrogens is 1. The third kappa shape index (κ3) is 4.95. The first kappa shape index (κ1) is 17.2.